The normalized spacial score (nSPS) is 16.8. The molecule has 2 rings (SSSR count). The largest absolute Gasteiger partial charge is 0.796 e. The van der Waals surface area contributed by atoms with Gasteiger partial charge in [-0.05, 0) is 26.1 Å². The SMILES string of the molecule is Cc1ccc(OB(F)F)c(C(=O)CN2CCN(C)CC2)c1. The van der Waals surface area contributed by atoms with E-state index in [-0.39, 0.29) is 23.6 Å². The number of rotatable bonds is 5. The van der Waals surface area contributed by atoms with E-state index in [1.165, 1.54) is 6.07 Å². The van der Waals surface area contributed by atoms with Gasteiger partial charge in [0.25, 0.3) is 0 Å². The minimum Gasteiger partial charge on any atom is -0.505 e. The second-order valence-electron chi connectivity index (χ2n) is 5.38. The standard InChI is InChI=1S/C14H19BF2N2O2/c1-11-3-4-14(21-15(16)17)12(9-11)13(20)10-19-7-5-18(2)6-8-19/h3-4,9H,5-8,10H2,1-2H3. The molecular weight excluding hydrogens is 277 g/mol. The fourth-order valence-electron chi connectivity index (χ4n) is 2.35. The average molecular weight is 296 g/mol. The predicted octanol–water partition coefficient (Wildman–Crippen LogP) is 1.73. The van der Waals surface area contributed by atoms with E-state index in [0.29, 0.717) is 0 Å². The Morgan fingerprint density at radius 1 is 1.29 bits per heavy atom. The molecule has 7 heteroatoms. The molecule has 0 radical (unpaired) electrons. The third-order valence-corrected chi connectivity index (χ3v) is 3.61. The molecule has 0 spiro atoms. The Labute approximate surface area is 123 Å². The highest BCUT2D eigenvalue weighted by Crippen LogP contribution is 2.22. The number of carbonyl (C=O) groups excluding carboxylic acids is 1. The van der Waals surface area contributed by atoms with E-state index in [2.05, 4.69) is 9.55 Å². The van der Waals surface area contributed by atoms with Crippen LogP contribution in [0.4, 0.5) is 8.63 Å². The molecule has 0 aliphatic carbocycles. The van der Waals surface area contributed by atoms with Crippen molar-refractivity contribution >= 4 is 13.3 Å². The van der Waals surface area contributed by atoms with Gasteiger partial charge >= 0.3 is 7.47 Å². The molecule has 0 bridgehead atoms. The summed E-state index contributed by atoms with van der Waals surface area (Å²) in [6.07, 6.45) is 0. The van der Waals surface area contributed by atoms with Crippen LogP contribution in [-0.4, -0.2) is 62.8 Å². The van der Waals surface area contributed by atoms with Gasteiger partial charge in [-0.2, -0.15) is 0 Å². The lowest BCUT2D eigenvalue weighted by molar-refractivity contribution is 0.0874. The van der Waals surface area contributed by atoms with E-state index < -0.39 is 7.47 Å². The minimum absolute atomic E-state index is 0.0465. The van der Waals surface area contributed by atoms with Crippen molar-refractivity contribution in [2.45, 2.75) is 6.92 Å². The van der Waals surface area contributed by atoms with Gasteiger partial charge in [0.15, 0.2) is 5.78 Å². The monoisotopic (exact) mass is 296 g/mol. The number of benzene rings is 1. The summed E-state index contributed by atoms with van der Waals surface area (Å²) >= 11 is 0. The topological polar surface area (TPSA) is 32.8 Å². The van der Waals surface area contributed by atoms with Crippen molar-refractivity contribution in [2.75, 3.05) is 39.8 Å². The fourth-order valence-corrected chi connectivity index (χ4v) is 2.35. The summed E-state index contributed by atoms with van der Waals surface area (Å²) in [5, 5.41) is 0. The number of aryl methyl sites for hydroxylation is 1. The Morgan fingerprint density at radius 2 is 1.95 bits per heavy atom. The van der Waals surface area contributed by atoms with Crippen LogP contribution < -0.4 is 4.65 Å². The number of hydrogen-bond acceptors (Lipinski definition) is 4. The van der Waals surface area contributed by atoms with Gasteiger partial charge in [-0.25, -0.2) is 8.63 Å². The van der Waals surface area contributed by atoms with Crippen LogP contribution in [0.3, 0.4) is 0 Å². The van der Waals surface area contributed by atoms with E-state index in [9.17, 15) is 13.4 Å². The lowest BCUT2D eigenvalue weighted by Gasteiger charge is -2.31. The van der Waals surface area contributed by atoms with Gasteiger partial charge in [-0.1, -0.05) is 11.6 Å². The van der Waals surface area contributed by atoms with Gasteiger partial charge in [0.2, 0.25) is 0 Å². The third kappa shape index (κ3) is 4.51. The molecule has 0 amide bonds. The van der Waals surface area contributed by atoms with Gasteiger partial charge in [-0.3, -0.25) is 9.69 Å². The molecule has 1 aliphatic rings. The maximum absolute atomic E-state index is 12.4. The Kier molecular flexibility index (Phi) is 5.30. The van der Waals surface area contributed by atoms with Crippen LogP contribution in [0.2, 0.25) is 0 Å². The smallest absolute Gasteiger partial charge is 0.505 e. The van der Waals surface area contributed by atoms with E-state index in [4.69, 9.17) is 0 Å². The number of likely N-dealkylation sites (N-methyl/N-ethyl adjacent to an activating group) is 1. The number of ketones is 1. The second-order valence-corrected chi connectivity index (χ2v) is 5.38. The van der Waals surface area contributed by atoms with Gasteiger partial charge in [0.1, 0.15) is 5.75 Å². The van der Waals surface area contributed by atoms with Crippen LogP contribution >= 0.6 is 0 Å². The summed E-state index contributed by atoms with van der Waals surface area (Å²) in [4.78, 5) is 16.6. The highest BCUT2D eigenvalue weighted by Gasteiger charge is 2.24. The molecule has 1 aromatic rings. The summed E-state index contributed by atoms with van der Waals surface area (Å²) in [6, 6.07) is 4.69. The minimum atomic E-state index is -2.93. The van der Waals surface area contributed by atoms with Crippen LogP contribution in [0.25, 0.3) is 0 Å². The molecule has 1 heterocycles. The zero-order valence-electron chi connectivity index (χ0n) is 12.3. The number of halogens is 2. The lowest BCUT2D eigenvalue weighted by atomic mass is 10.1. The first-order valence-electron chi connectivity index (χ1n) is 6.95. The molecule has 114 valence electrons. The Morgan fingerprint density at radius 3 is 2.57 bits per heavy atom. The maximum atomic E-state index is 12.4. The van der Waals surface area contributed by atoms with Crippen molar-refractivity contribution in [3.05, 3.63) is 29.3 Å². The quantitative estimate of drug-likeness (QED) is 0.612. The first kappa shape index (κ1) is 15.9. The maximum Gasteiger partial charge on any atom is 0.796 e. The Balaban J connectivity index is 2.08. The molecule has 1 fully saturated rings. The van der Waals surface area contributed by atoms with E-state index in [1.54, 1.807) is 12.1 Å². The fraction of sp³-hybridized carbons (Fsp3) is 0.500. The van der Waals surface area contributed by atoms with Gasteiger partial charge in [-0.15, -0.1) is 0 Å². The first-order chi connectivity index (χ1) is 9.95. The third-order valence-electron chi connectivity index (χ3n) is 3.61. The summed E-state index contributed by atoms with van der Waals surface area (Å²) in [7, 11) is -0.892. The number of hydrogen-bond donors (Lipinski definition) is 0. The summed E-state index contributed by atoms with van der Waals surface area (Å²) in [5.74, 6) is -0.228. The molecule has 21 heavy (non-hydrogen) atoms. The van der Waals surface area contributed by atoms with Crippen molar-refractivity contribution in [3.8, 4) is 5.75 Å². The molecule has 4 nitrogen and oxygen atoms in total. The Hall–Kier alpha value is -1.47. The van der Waals surface area contributed by atoms with Crippen LogP contribution in [0, 0.1) is 6.92 Å². The van der Waals surface area contributed by atoms with Crippen molar-refractivity contribution in [3.63, 3.8) is 0 Å². The summed E-state index contributed by atoms with van der Waals surface area (Å²) < 4.78 is 29.3. The van der Waals surface area contributed by atoms with Crippen molar-refractivity contribution in [1.82, 2.24) is 9.80 Å². The van der Waals surface area contributed by atoms with Crippen LogP contribution in [0.15, 0.2) is 18.2 Å². The second kappa shape index (κ2) is 7.00. The molecule has 0 saturated carbocycles. The molecule has 0 N–H and O–H groups in total. The van der Waals surface area contributed by atoms with Gasteiger partial charge < -0.3 is 9.55 Å². The molecule has 1 aliphatic heterocycles. The molecule has 0 unspecified atom stereocenters. The Bertz CT molecular complexity index is 506. The molecular formula is C14H19BF2N2O2. The molecule has 0 atom stereocenters. The van der Waals surface area contributed by atoms with Crippen LogP contribution in [0.1, 0.15) is 15.9 Å². The predicted molar refractivity (Wildman–Crippen MR) is 78.0 cm³/mol. The lowest BCUT2D eigenvalue weighted by Crippen LogP contribution is -2.46. The van der Waals surface area contributed by atoms with Crippen molar-refractivity contribution in [2.24, 2.45) is 0 Å². The molecule has 1 aromatic carbocycles. The number of carbonyl (C=O) groups is 1. The van der Waals surface area contributed by atoms with Crippen molar-refractivity contribution in [1.29, 1.82) is 0 Å². The molecule has 1 saturated heterocycles. The van der Waals surface area contributed by atoms with Crippen LogP contribution in [0.5, 0.6) is 5.75 Å². The van der Waals surface area contributed by atoms with E-state index >= 15 is 0 Å². The van der Waals surface area contributed by atoms with Crippen LogP contribution in [-0.2, 0) is 0 Å². The highest BCUT2D eigenvalue weighted by atomic mass is 19.2. The zero-order chi connectivity index (χ0) is 15.4. The average Bonchev–Trinajstić information content (AvgIpc) is 2.43. The van der Waals surface area contributed by atoms with Gasteiger partial charge in [0, 0.05) is 26.2 Å². The van der Waals surface area contributed by atoms with Crippen molar-refractivity contribution < 1.29 is 18.1 Å². The summed E-state index contributed by atoms with van der Waals surface area (Å²) in [5.41, 5.74) is 1.08. The number of piperazine rings is 1. The number of Topliss-reactive ketones (excluding diaryl/α,β-unsaturated/α-hetero) is 1. The zero-order valence-corrected chi connectivity index (χ0v) is 12.3. The summed E-state index contributed by atoms with van der Waals surface area (Å²) in [6.45, 7) is 5.47. The van der Waals surface area contributed by atoms with E-state index in [0.717, 1.165) is 31.7 Å². The highest BCUT2D eigenvalue weighted by molar-refractivity contribution is 6.35. The van der Waals surface area contributed by atoms with Gasteiger partial charge in [0.05, 0.1) is 12.1 Å². The number of nitrogens with zero attached hydrogens (tertiary/aromatic N) is 2. The molecule has 0 aromatic heterocycles. The first-order valence-corrected chi connectivity index (χ1v) is 6.95. The van der Waals surface area contributed by atoms with E-state index in [1.807, 2.05) is 18.9 Å².